The van der Waals surface area contributed by atoms with E-state index in [0.29, 0.717) is 6.04 Å². The number of rotatable bonds is 2. The van der Waals surface area contributed by atoms with Crippen LogP contribution in [-0.2, 0) is 13.5 Å². The Labute approximate surface area is 123 Å². The molecule has 0 fully saturated rings. The highest BCUT2D eigenvalue weighted by Crippen LogP contribution is 2.33. The molecule has 21 heavy (non-hydrogen) atoms. The van der Waals surface area contributed by atoms with Gasteiger partial charge in [0.1, 0.15) is 0 Å². The van der Waals surface area contributed by atoms with E-state index in [2.05, 4.69) is 39.7 Å². The minimum Gasteiger partial charge on any atom is -0.376 e. The first kappa shape index (κ1) is 12.4. The van der Waals surface area contributed by atoms with Crippen LogP contribution in [0.15, 0.2) is 42.7 Å². The topological polar surface area (TPSA) is 42.7 Å². The van der Waals surface area contributed by atoms with E-state index in [1.54, 1.807) is 0 Å². The Morgan fingerprint density at radius 1 is 1.24 bits per heavy atom. The van der Waals surface area contributed by atoms with Crippen LogP contribution in [0.1, 0.15) is 30.1 Å². The van der Waals surface area contributed by atoms with E-state index < -0.39 is 0 Å². The molecule has 1 N–H and O–H groups in total. The number of hydrogen-bond acceptors (Lipinski definition) is 3. The van der Waals surface area contributed by atoms with Crippen LogP contribution in [0.2, 0.25) is 0 Å². The van der Waals surface area contributed by atoms with E-state index in [0.717, 1.165) is 24.0 Å². The monoisotopic (exact) mass is 278 g/mol. The van der Waals surface area contributed by atoms with E-state index in [1.165, 1.54) is 23.1 Å². The highest BCUT2D eigenvalue weighted by atomic mass is 15.3. The van der Waals surface area contributed by atoms with Crippen molar-refractivity contribution in [1.82, 2.24) is 14.8 Å². The summed E-state index contributed by atoms with van der Waals surface area (Å²) in [5.41, 5.74) is 4.83. The van der Waals surface area contributed by atoms with E-state index in [-0.39, 0.29) is 0 Å². The fourth-order valence-electron chi connectivity index (χ4n) is 3.26. The average Bonchev–Trinajstić information content (AvgIpc) is 2.90. The fourth-order valence-corrected chi connectivity index (χ4v) is 3.26. The zero-order valence-corrected chi connectivity index (χ0v) is 12.1. The van der Waals surface area contributed by atoms with Crippen LogP contribution in [0.3, 0.4) is 0 Å². The Morgan fingerprint density at radius 2 is 2.14 bits per heavy atom. The molecule has 0 radical (unpaired) electrons. The molecule has 2 aromatic heterocycles. The predicted octanol–water partition coefficient (Wildman–Crippen LogP) is 3.46. The molecule has 1 atom stereocenters. The van der Waals surface area contributed by atoms with Gasteiger partial charge in [0.2, 0.25) is 0 Å². The first-order valence-corrected chi connectivity index (χ1v) is 7.44. The number of aryl methyl sites for hydroxylation is 1. The Bertz CT molecular complexity index is 785. The van der Waals surface area contributed by atoms with Crippen LogP contribution in [0.5, 0.6) is 0 Å². The summed E-state index contributed by atoms with van der Waals surface area (Å²) in [4.78, 5) is 4.52. The lowest BCUT2D eigenvalue weighted by atomic mass is 9.92. The zero-order chi connectivity index (χ0) is 14.2. The first-order valence-electron chi connectivity index (χ1n) is 7.44. The number of nitrogens with zero attached hydrogens (tertiary/aromatic N) is 3. The molecule has 1 aliphatic carbocycles. The van der Waals surface area contributed by atoms with Crippen molar-refractivity contribution in [2.24, 2.45) is 7.05 Å². The van der Waals surface area contributed by atoms with Crippen molar-refractivity contribution < 1.29 is 0 Å². The van der Waals surface area contributed by atoms with Crippen molar-refractivity contribution in [1.29, 1.82) is 0 Å². The Morgan fingerprint density at radius 3 is 3.10 bits per heavy atom. The molecule has 0 amide bonds. The SMILES string of the molecule is Cn1ncc2c1CCCC2Nc1cccc2cccnc12. The van der Waals surface area contributed by atoms with Crippen molar-refractivity contribution in [3.63, 3.8) is 0 Å². The smallest absolute Gasteiger partial charge is 0.0933 e. The minimum absolute atomic E-state index is 0.329. The maximum absolute atomic E-state index is 4.52. The number of hydrogen-bond donors (Lipinski definition) is 1. The summed E-state index contributed by atoms with van der Waals surface area (Å²) in [7, 11) is 2.03. The molecular weight excluding hydrogens is 260 g/mol. The number of pyridine rings is 1. The lowest BCUT2D eigenvalue weighted by Crippen LogP contribution is -2.18. The van der Waals surface area contributed by atoms with Crippen molar-refractivity contribution in [3.8, 4) is 0 Å². The van der Waals surface area contributed by atoms with Gasteiger partial charge in [0, 0.05) is 29.9 Å². The van der Waals surface area contributed by atoms with Crippen molar-refractivity contribution in [2.45, 2.75) is 25.3 Å². The van der Waals surface area contributed by atoms with E-state index in [9.17, 15) is 0 Å². The summed E-state index contributed by atoms with van der Waals surface area (Å²) in [6, 6.07) is 10.7. The zero-order valence-electron chi connectivity index (χ0n) is 12.1. The van der Waals surface area contributed by atoms with Crippen molar-refractivity contribution in [3.05, 3.63) is 54.0 Å². The van der Waals surface area contributed by atoms with Gasteiger partial charge in [-0.3, -0.25) is 9.67 Å². The molecule has 4 rings (SSSR count). The third kappa shape index (κ3) is 2.07. The molecule has 0 saturated carbocycles. The van der Waals surface area contributed by atoms with Gasteiger partial charge in [-0.25, -0.2) is 0 Å². The number of benzene rings is 1. The second kappa shape index (κ2) is 4.88. The molecule has 1 aliphatic rings. The van der Waals surface area contributed by atoms with Gasteiger partial charge in [-0.15, -0.1) is 0 Å². The maximum atomic E-state index is 4.52. The molecular formula is C17H18N4. The van der Waals surface area contributed by atoms with Gasteiger partial charge >= 0.3 is 0 Å². The molecule has 1 aromatic carbocycles. The van der Waals surface area contributed by atoms with Crippen LogP contribution in [0.4, 0.5) is 5.69 Å². The van der Waals surface area contributed by atoms with E-state index >= 15 is 0 Å². The second-order valence-corrected chi connectivity index (χ2v) is 5.64. The van der Waals surface area contributed by atoms with Gasteiger partial charge in [0.05, 0.1) is 23.4 Å². The Hall–Kier alpha value is -2.36. The molecule has 106 valence electrons. The largest absolute Gasteiger partial charge is 0.376 e. The lowest BCUT2D eigenvalue weighted by molar-refractivity contribution is 0.571. The summed E-state index contributed by atoms with van der Waals surface area (Å²) in [6.07, 6.45) is 7.32. The molecule has 0 saturated heterocycles. The standard InChI is InChI=1S/C17H18N4/c1-21-16-9-3-7-14(13(16)11-19-21)20-15-8-2-5-12-6-4-10-18-17(12)15/h2,4-6,8,10-11,14,20H,3,7,9H2,1H3. The average molecular weight is 278 g/mol. The highest BCUT2D eigenvalue weighted by Gasteiger charge is 2.23. The summed E-state index contributed by atoms with van der Waals surface area (Å²) < 4.78 is 2.00. The third-order valence-electron chi connectivity index (χ3n) is 4.34. The normalized spacial score (nSPS) is 17.7. The Balaban J connectivity index is 1.73. The molecule has 0 spiro atoms. The summed E-state index contributed by atoms with van der Waals surface area (Å²) in [6.45, 7) is 0. The van der Waals surface area contributed by atoms with Crippen LogP contribution >= 0.6 is 0 Å². The third-order valence-corrected chi connectivity index (χ3v) is 4.34. The molecule has 0 aliphatic heterocycles. The Kier molecular flexibility index (Phi) is 2.88. The first-order chi connectivity index (χ1) is 10.3. The van der Waals surface area contributed by atoms with Gasteiger partial charge in [0.25, 0.3) is 0 Å². The quantitative estimate of drug-likeness (QED) is 0.780. The number of nitrogens with one attached hydrogen (secondary N) is 1. The molecule has 1 unspecified atom stereocenters. The van der Waals surface area contributed by atoms with Crippen molar-refractivity contribution >= 4 is 16.6 Å². The van der Waals surface area contributed by atoms with Gasteiger partial charge < -0.3 is 5.32 Å². The summed E-state index contributed by atoms with van der Waals surface area (Å²) in [5.74, 6) is 0. The molecule has 3 aromatic rings. The van der Waals surface area contributed by atoms with Crippen LogP contribution < -0.4 is 5.32 Å². The maximum Gasteiger partial charge on any atom is 0.0933 e. The minimum atomic E-state index is 0.329. The number of fused-ring (bicyclic) bond motifs is 2. The van der Waals surface area contributed by atoms with Crippen LogP contribution in [0, 0.1) is 0 Å². The summed E-state index contributed by atoms with van der Waals surface area (Å²) >= 11 is 0. The van der Waals surface area contributed by atoms with E-state index in [1.807, 2.05) is 30.2 Å². The van der Waals surface area contributed by atoms with Crippen LogP contribution in [-0.4, -0.2) is 14.8 Å². The molecule has 0 bridgehead atoms. The van der Waals surface area contributed by atoms with Gasteiger partial charge in [-0.1, -0.05) is 18.2 Å². The van der Waals surface area contributed by atoms with Gasteiger partial charge in [-0.05, 0) is 31.4 Å². The van der Waals surface area contributed by atoms with Crippen molar-refractivity contribution in [2.75, 3.05) is 5.32 Å². The molecule has 4 nitrogen and oxygen atoms in total. The number of aromatic nitrogens is 3. The number of para-hydroxylation sites is 1. The van der Waals surface area contributed by atoms with E-state index in [4.69, 9.17) is 0 Å². The predicted molar refractivity (Wildman–Crippen MR) is 84.3 cm³/mol. The molecule has 2 heterocycles. The summed E-state index contributed by atoms with van der Waals surface area (Å²) in [5, 5.41) is 9.26. The molecule has 4 heteroatoms. The number of anilines is 1. The fraction of sp³-hybridized carbons (Fsp3) is 0.294. The van der Waals surface area contributed by atoms with Gasteiger partial charge in [-0.2, -0.15) is 5.10 Å². The second-order valence-electron chi connectivity index (χ2n) is 5.64. The lowest BCUT2D eigenvalue weighted by Gasteiger charge is -2.25. The van der Waals surface area contributed by atoms with Gasteiger partial charge in [0.15, 0.2) is 0 Å². The highest BCUT2D eigenvalue weighted by molar-refractivity contribution is 5.90. The van der Waals surface area contributed by atoms with Crippen LogP contribution in [0.25, 0.3) is 10.9 Å².